The average Bonchev–Trinajstić information content (AvgIpc) is 2.37. The number of nitrogens with one attached hydrogen (secondary N) is 1. The normalized spacial score (nSPS) is 13.6. The van der Waals surface area contributed by atoms with E-state index in [-0.39, 0.29) is 12.3 Å². The van der Waals surface area contributed by atoms with Gasteiger partial charge in [0, 0.05) is 6.07 Å². The second-order valence-corrected chi connectivity index (χ2v) is 4.72. The van der Waals surface area contributed by atoms with Crippen molar-refractivity contribution in [2.24, 2.45) is 5.73 Å². The largest absolute Gasteiger partial charge is 0.491 e. The number of primary amides is 1. The van der Waals surface area contributed by atoms with Gasteiger partial charge in [0.15, 0.2) is 0 Å². The standard InChI is InChI=1S/C13H19N3O4/c1-4-15-13(3,12(14)17)8-20-11-7-10(16(18)19)6-5-9(11)2/h5-7,15H,4,8H2,1-3H3,(H2,14,17). The van der Waals surface area contributed by atoms with Gasteiger partial charge < -0.3 is 15.8 Å². The molecule has 7 nitrogen and oxygen atoms in total. The molecule has 1 aromatic carbocycles. The molecule has 0 radical (unpaired) electrons. The third-order valence-electron chi connectivity index (χ3n) is 3.01. The highest BCUT2D eigenvalue weighted by atomic mass is 16.6. The molecule has 20 heavy (non-hydrogen) atoms. The summed E-state index contributed by atoms with van der Waals surface area (Å²) in [5, 5.41) is 13.7. The molecule has 1 atom stereocenters. The summed E-state index contributed by atoms with van der Waals surface area (Å²) in [6.45, 7) is 5.80. The van der Waals surface area contributed by atoms with Crippen molar-refractivity contribution >= 4 is 11.6 Å². The van der Waals surface area contributed by atoms with E-state index in [4.69, 9.17) is 10.5 Å². The molecule has 0 saturated carbocycles. The van der Waals surface area contributed by atoms with E-state index in [0.717, 1.165) is 5.56 Å². The fourth-order valence-corrected chi connectivity index (χ4v) is 1.68. The molecule has 0 aliphatic heterocycles. The van der Waals surface area contributed by atoms with E-state index in [0.29, 0.717) is 12.3 Å². The van der Waals surface area contributed by atoms with Gasteiger partial charge in [-0.1, -0.05) is 6.92 Å². The number of nitrogens with zero attached hydrogens (tertiary/aromatic N) is 1. The number of nitrogens with two attached hydrogens (primary N) is 1. The predicted octanol–water partition coefficient (Wildman–Crippen LogP) is 1.14. The van der Waals surface area contributed by atoms with Crippen molar-refractivity contribution in [1.82, 2.24) is 5.32 Å². The molecule has 0 aliphatic rings. The van der Waals surface area contributed by atoms with E-state index in [1.165, 1.54) is 12.1 Å². The number of nitro groups is 1. The molecule has 0 heterocycles. The first-order valence-corrected chi connectivity index (χ1v) is 6.23. The third kappa shape index (κ3) is 3.67. The van der Waals surface area contributed by atoms with Gasteiger partial charge in [-0.15, -0.1) is 0 Å². The van der Waals surface area contributed by atoms with Crippen molar-refractivity contribution in [3.8, 4) is 5.75 Å². The molecule has 0 spiro atoms. The average molecular weight is 281 g/mol. The van der Waals surface area contributed by atoms with Crippen LogP contribution in [0, 0.1) is 17.0 Å². The lowest BCUT2D eigenvalue weighted by atomic mass is 10.0. The summed E-state index contributed by atoms with van der Waals surface area (Å²) in [5.41, 5.74) is 5.01. The Morgan fingerprint density at radius 3 is 2.70 bits per heavy atom. The maximum absolute atomic E-state index is 11.5. The molecule has 1 unspecified atom stereocenters. The minimum atomic E-state index is -1.02. The molecular weight excluding hydrogens is 262 g/mol. The van der Waals surface area contributed by atoms with Crippen LogP contribution < -0.4 is 15.8 Å². The second-order valence-electron chi connectivity index (χ2n) is 4.72. The molecule has 0 saturated heterocycles. The molecule has 0 aliphatic carbocycles. The molecule has 1 amide bonds. The Balaban J connectivity index is 2.90. The summed E-state index contributed by atoms with van der Waals surface area (Å²) in [4.78, 5) is 21.7. The number of rotatable bonds is 7. The molecule has 3 N–H and O–H groups in total. The highest BCUT2D eigenvalue weighted by Gasteiger charge is 2.31. The molecule has 1 aromatic rings. The molecule has 7 heteroatoms. The highest BCUT2D eigenvalue weighted by molar-refractivity contribution is 5.84. The number of aryl methyl sites for hydroxylation is 1. The lowest BCUT2D eigenvalue weighted by molar-refractivity contribution is -0.385. The summed E-state index contributed by atoms with van der Waals surface area (Å²) in [6.07, 6.45) is 0. The Bertz CT molecular complexity index is 518. The van der Waals surface area contributed by atoms with Gasteiger partial charge in [-0.3, -0.25) is 14.9 Å². The van der Waals surface area contributed by atoms with E-state index >= 15 is 0 Å². The first-order chi connectivity index (χ1) is 9.30. The topological polar surface area (TPSA) is 107 Å². The predicted molar refractivity (Wildman–Crippen MR) is 74.6 cm³/mol. The van der Waals surface area contributed by atoms with Crippen molar-refractivity contribution in [2.75, 3.05) is 13.2 Å². The zero-order valence-corrected chi connectivity index (χ0v) is 11.8. The SMILES string of the molecule is CCNC(C)(COc1cc([N+](=O)[O-])ccc1C)C(N)=O. The first kappa shape index (κ1) is 15.9. The Labute approximate surface area is 117 Å². The number of nitro benzene ring substituents is 1. The smallest absolute Gasteiger partial charge is 0.273 e. The number of hydrogen-bond donors (Lipinski definition) is 2. The lowest BCUT2D eigenvalue weighted by Crippen LogP contribution is -2.57. The molecule has 1 rings (SSSR count). The van der Waals surface area contributed by atoms with Crippen LogP contribution in [0.25, 0.3) is 0 Å². The summed E-state index contributed by atoms with van der Waals surface area (Å²) >= 11 is 0. The van der Waals surface area contributed by atoms with Crippen LogP contribution in [0.2, 0.25) is 0 Å². The first-order valence-electron chi connectivity index (χ1n) is 6.23. The Morgan fingerprint density at radius 1 is 1.55 bits per heavy atom. The summed E-state index contributed by atoms with van der Waals surface area (Å²) in [7, 11) is 0. The minimum absolute atomic E-state index is 0.00180. The van der Waals surface area contributed by atoms with E-state index in [1.54, 1.807) is 19.9 Å². The van der Waals surface area contributed by atoms with Crippen molar-refractivity contribution < 1.29 is 14.5 Å². The van der Waals surface area contributed by atoms with Crippen LogP contribution in [0.5, 0.6) is 5.75 Å². The van der Waals surface area contributed by atoms with Crippen LogP contribution in [-0.4, -0.2) is 29.5 Å². The van der Waals surface area contributed by atoms with Crippen molar-refractivity contribution in [3.05, 3.63) is 33.9 Å². The molecule has 110 valence electrons. The van der Waals surface area contributed by atoms with Gasteiger partial charge in [0.1, 0.15) is 17.9 Å². The quantitative estimate of drug-likeness (QED) is 0.575. The zero-order chi connectivity index (χ0) is 15.3. The number of likely N-dealkylation sites (N-methyl/N-ethyl adjacent to an activating group) is 1. The van der Waals surface area contributed by atoms with E-state index in [9.17, 15) is 14.9 Å². The minimum Gasteiger partial charge on any atom is -0.491 e. The van der Waals surface area contributed by atoms with Crippen LogP contribution in [0.15, 0.2) is 18.2 Å². The van der Waals surface area contributed by atoms with Crippen LogP contribution in [-0.2, 0) is 4.79 Å². The summed E-state index contributed by atoms with van der Waals surface area (Å²) in [5.74, 6) is -0.174. The monoisotopic (exact) mass is 281 g/mol. The van der Waals surface area contributed by atoms with Crippen LogP contribution >= 0.6 is 0 Å². The fourth-order valence-electron chi connectivity index (χ4n) is 1.68. The number of ether oxygens (including phenoxy) is 1. The van der Waals surface area contributed by atoms with Crippen LogP contribution in [0.3, 0.4) is 0 Å². The maximum atomic E-state index is 11.5. The number of benzene rings is 1. The Morgan fingerprint density at radius 2 is 2.20 bits per heavy atom. The summed E-state index contributed by atoms with van der Waals surface area (Å²) in [6, 6.07) is 4.34. The molecule has 0 bridgehead atoms. The third-order valence-corrected chi connectivity index (χ3v) is 3.01. The van der Waals surface area contributed by atoms with Gasteiger partial charge in [-0.25, -0.2) is 0 Å². The molecular formula is C13H19N3O4. The maximum Gasteiger partial charge on any atom is 0.273 e. The van der Waals surface area contributed by atoms with E-state index < -0.39 is 16.4 Å². The Kier molecular flexibility index (Phi) is 5.04. The van der Waals surface area contributed by atoms with Crippen molar-refractivity contribution in [3.63, 3.8) is 0 Å². The van der Waals surface area contributed by atoms with Gasteiger partial charge in [-0.05, 0) is 32.0 Å². The molecule has 0 aromatic heterocycles. The van der Waals surface area contributed by atoms with Crippen molar-refractivity contribution in [1.29, 1.82) is 0 Å². The van der Waals surface area contributed by atoms with Crippen LogP contribution in [0.1, 0.15) is 19.4 Å². The highest BCUT2D eigenvalue weighted by Crippen LogP contribution is 2.24. The van der Waals surface area contributed by atoms with Gasteiger partial charge in [0.25, 0.3) is 5.69 Å². The second kappa shape index (κ2) is 6.33. The van der Waals surface area contributed by atoms with Gasteiger partial charge in [0.05, 0.1) is 11.0 Å². The number of carbonyl (C=O) groups excluding carboxylic acids is 1. The number of amides is 1. The van der Waals surface area contributed by atoms with Crippen molar-refractivity contribution in [2.45, 2.75) is 26.3 Å². The summed E-state index contributed by atoms with van der Waals surface area (Å²) < 4.78 is 5.54. The molecule has 0 fully saturated rings. The van der Waals surface area contributed by atoms with Gasteiger partial charge in [0.2, 0.25) is 5.91 Å². The van der Waals surface area contributed by atoms with Gasteiger partial charge >= 0.3 is 0 Å². The lowest BCUT2D eigenvalue weighted by Gasteiger charge is -2.27. The number of non-ortho nitro benzene ring substituents is 1. The zero-order valence-electron chi connectivity index (χ0n) is 11.8. The van der Waals surface area contributed by atoms with Crippen LogP contribution in [0.4, 0.5) is 5.69 Å². The van der Waals surface area contributed by atoms with E-state index in [2.05, 4.69) is 5.32 Å². The fraction of sp³-hybridized carbons (Fsp3) is 0.462. The number of hydrogen-bond acceptors (Lipinski definition) is 5. The Hall–Kier alpha value is -2.15. The van der Waals surface area contributed by atoms with E-state index in [1.807, 2.05) is 6.92 Å². The van der Waals surface area contributed by atoms with Gasteiger partial charge in [-0.2, -0.15) is 0 Å². The number of carbonyl (C=O) groups is 1.